The molecule has 1 aromatic carbocycles. The first-order valence-electron chi connectivity index (χ1n) is 4.74. The lowest BCUT2D eigenvalue weighted by atomic mass is 9.97. The third-order valence-corrected chi connectivity index (χ3v) is 2.57. The molecule has 3 nitrogen and oxygen atoms in total. The van der Waals surface area contributed by atoms with Crippen LogP contribution >= 0.6 is 0 Å². The highest BCUT2D eigenvalue weighted by atomic mass is 16.5. The molecule has 0 aliphatic carbocycles. The molecule has 1 heterocycles. The number of aldehydes is 1. The van der Waals surface area contributed by atoms with Crippen LogP contribution in [0.5, 0.6) is 5.75 Å². The summed E-state index contributed by atoms with van der Waals surface area (Å²) < 4.78 is 5.46. The molecule has 2 N–H and O–H groups in total. The molecule has 0 fully saturated rings. The van der Waals surface area contributed by atoms with Crippen LogP contribution in [-0.4, -0.2) is 12.9 Å². The summed E-state index contributed by atoms with van der Waals surface area (Å²) in [7, 11) is 0. The number of hydrogen-bond donors (Lipinski definition) is 1. The zero-order chi connectivity index (χ0) is 9.97. The van der Waals surface area contributed by atoms with Crippen LogP contribution in [0.2, 0.25) is 0 Å². The molecule has 0 spiro atoms. The second kappa shape index (κ2) is 3.80. The summed E-state index contributed by atoms with van der Waals surface area (Å²) in [4.78, 5) is 10.4. The predicted octanol–water partition coefficient (Wildman–Crippen LogP) is 1.21. The van der Waals surface area contributed by atoms with Crippen molar-refractivity contribution in [2.24, 2.45) is 5.73 Å². The quantitative estimate of drug-likeness (QED) is 0.730. The van der Waals surface area contributed by atoms with Gasteiger partial charge in [-0.3, -0.25) is 0 Å². The fourth-order valence-electron chi connectivity index (χ4n) is 1.77. The van der Waals surface area contributed by atoms with Crippen LogP contribution < -0.4 is 10.5 Å². The van der Waals surface area contributed by atoms with E-state index in [4.69, 9.17) is 10.5 Å². The molecule has 0 bridgehead atoms. The van der Waals surface area contributed by atoms with Crippen molar-refractivity contribution in [1.82, 2.24) is 0 Å². The first-order chi connectivity index (χ1) is 6.85. The molecule has 1 aliphatic rings. The fourth-order valence-corrected chi connectivity index (χ4v) is 1.77. The summed E-state index contributed by atoms with van der Waals surface area (Å²) in [5.41, 5.74) is 7.77. The molecule has 0 saturated carbocycles. The fraction of sp³-hybridized carbons (Fsp3) is 0.364. The molecule has 74 valence electrons. The Morgan fingerprint density at radius 3 is 3.14 bits per heavy atom. The molecule has 1 aliphatic heterocycles. The van der Waals surface area contributed by atoms with E-state index in [1.807, 2.05) is 18.2 Å². The van der Waals surface area contributed by atoms with E-state index in [1.54, 1.807) is 0 Å². The molecule has 14 heavy (non-hydrogen) atoms. The van der Waals surface area contributed by atoms with Gasteiger partial charge in [-0.25, -0.2) is 0 Å². The molecule has 1 aromatic rings. The van der Waals surface area contributed by atoms with Crippen LogP contribution in [0, 0.1) is 0 Å². The van der Waals surface area contributed by atoms with Crippen LogP contribution in [0.25, 0.3) is 0 Å². The van der Waals surface area contributed by atoms with E-state index < -0.39 is 0 Å². The lowest BCUT2D eigenvalue weighted by Crippen LogP contribution is -2.01. The average molecular weight is 191 g/mol. The topological polar surface area (TPSA) is 52.3 Å². The van der Waals surface area contributed by atoms with Gasteiger partial charge in [-0.15, -0.1) is 0 Å². The maximum absolute atomic E-state index is 10.4. The summed E-state index contributed by atoms with van der Waals surface area (Å²) >= 11 is 0. The Bertz CT molecular complexity index is 349. The Labute approximate surface area is 82.9 Å². The Hall–Kier alpha value is -1.35. The highest BCUT2D eigenvalue weighted by Gasteiger charge is 2.23. The first-order valence-corrected chi connectivity index (χ1v) is 4.74. The number of benzene rings is 1. The van der Waals surface area contributed by atoms with Crippen LogP contribution in [0.1, 0.15) is 23.5 Å². The SMILES string of the molecule is NCc1ccc2c(c1)C(CC=O)CO2. The molecule has 0 saturated heterocycles. The highest BCUT2D eigenvalue weighted by Crippen LogP contribution is 2.35. The van der Waals surface area contributed by atoms with E-state index in [9.17, 15) is 4.79 Å². The number of fused-ring (bicyclic) bond motifs is 1. The molecule has 0 aromatic heterocycles. The van der Waals surface area contributed by atoms with Crippen LogP contribution in [0.15, 0.2) is 18.2 Å². The molecule has 1 atom stereocenters. The van der Waals surface area contributed by atoms with Gasteiger partial charge in [0.25, 0.3) is 0 Å². The minimum absolute atomic E-state index is 0.217. The van der Waals surface area contributed by atoms with Crippen molar-refractivity contribution in [2.75, 3.05) is 6.61 Å². The Kier molecular flexibility index (Phi) is 2.50. The van der Waals surface area contributed by atoms with E-state index in [0.29, 0.717) is 19.6 Å². The second-order valence-electron chi connectivity index (χ2n) is 3.49. The van der Waals surface area contributed by atoms with Gasteiger partial charge < -0.3 is 15.3 Å². The smallest absolute Gasteiger partial charge is 0.122 e. The first kappa shape index (κ1) is 9.21. The van der Waals surface area contributed by atoms with Crippen molar-refractivity contribution >= 4 is 6.29 Å². The minimum atomic E-state index is 0.217. The Morgan fingerprint density at radius 2 is 2.43 bits per heavy atom. The van der Waals surface area contributed by atoms with Crippen molar-refractivity contribution in [2.45, 2.75) is 18.9 Å². The molecule has 3 heteroatoms. The van der Waals surface area contributed by atoms with Gasteiger partial charge in [-0.1, -0.05) is 12.1 Å². The minimum Gasteiger partial charge on any atom is -0.493 e. The second-order valence-corrected chi connectivity index (χ2v) is 3.49. The molecular formula is C11H13NO2. The monoisotopic (exact) mass is 191 g/mol. The third kappa shape index (κ3) is 1.51. The normalized spacial score (nSPS) is 18.8. The summed E-state index contributed by atoms with van der Waals surface area (Å²) in [6.45, 7) is 1.14. The van der Waals surface area contributed by atoms with E-state index in [2.05, 4.69) is 0 Å². The zero-order valence-corrected chi connectivity index (χ0v) is 7.90. The van der Waals surface area contributed by atoms with Crippen LogP contribution in [-0.2, 0) is 11.3 Å². The number of carbonyl (C=O) groups is 1. The van der Waals surface area contributed by atoms with Gasteiger partial charge in [-0.2, -0.15) is 0 Å². The maximum Gasteiger partial charge on any atom is 0.122 e. The van der Waals surface area contributed by atoms with Gasteiger partial charge >= 0.3 is 0 Å². The number of hydrogen-bond acceptors (Lipinski definition) is 3. The number of nitrogens with two attached hydrogens (primary N) is 1. The van der Waals surface area contributed by atoms with Gasteiger partial charge in [0.05, 0.1) is 6.61 Å². The zero-order valence-electron chi connectivity index (χ0n) is 7.90. The average Bonchev–Trinajstić information content (AvgIpc) is 2.61. The van der Waals surface area contributed by atoms with E-state index >= 15 is 0 Å². The lowest BCUT2D eigenvalue weighted by Gasteiger charge is -2.04. The molecule has 2 rings (SSSR count). The van der Waals surface area contributed by atoms with E-state index in [0.717, 1.165) is 23.2 Å². The molecular weight excluding hydrogens is 178 g/mol. The van der Waals surface area contributed by atoms with Gasteiger partial charge in [0.1, 0.15) is 12.0 Å². The van der Waals surface area contributed by atoms with Crippen molar-refractivity contribution in [3.63, 3.8) is 0 Å². The van der Waals surface area contributed by atoms with Gasteiger partial charge in [-0.05, 0) is 11.6 Å². The van der Waals surface area contributed by atoms with Crippen molar-refractivity contribution < 1.29 is 9.53 Å². The van der Waals surface area contributed by atoms with Crippen LogP contribution in [0.3, 0.4) is 0 Å². The standard InChI is InChI=1S/C11H13NO2/c12-6-8-1-2-11-10(5-8)9(3-4-13)7-14-11/h1-2,4-5,9H,3,6-7,12H2. The number of ether oxygens (including phenoxy) is 1. The van der Waals surface area contributed by atoms with Crippen molar-refractivity contribution in [3.8, 4) is 5.75 Å². The molecule has 1 unspecified atom stereocenters. The van der Waals surface area contributed by atoms with Crippen LogP contribution in [0.4, 0.5) is 0 Å². The lowest BCUT2D eigenvalue weighted by molar-refractivity contribution is -0.108. The summed E-state index contributed by atoms with van der Waals surface area (Å²) in [6, 6.07) is 5.93. The summed E-state index contributed by atoms with van der Waals surface area (Å²) in [6.07, 6.45) is 1.47. The largest absolute Gasteiger partial charge is 0.493 e. The van der Waals surface area contributed by atoms with E-state index in [-0.39, 0.29) is 5.92 Å². The number of rotatable bonds is 3. The molecule has 0 amide bonds. The number of carbonyl (C=O) groups excluding carboxylic acids is 1. The Morgan fingerprint density at radius 1 is 1.57 bits per heavy atom. The predicted molar refractivity (Wildman–Crippen MR) is 53.3 cm³/mol. The van der Waals surface area contributed by atoms with Crippen molar-refractivity contribution in [3.05, 3.63) is 29.3 Å². The highest BCUT2D eigenvalue weighted by molar-refractivity contribution is 5.54. The molecule has 0 radical (unpaired) electrons. The van der Waals surface area contributed by atoms with Gasteiger partial charge in [0, 0.05) is 24.4 Å². The van der Waals surface area contributed by atoms with Gasteiger partial charge in [0.15, 0.2) is 0 Å². The Balaban J connectivity index is 2.31. The third-order valence-electron chi connectivity index (χ3n) is 2.57. The summed E-state index contributed by atoms with van der Waals surface area (Å²) in [5.74, 6) is 1.11. The maximum atomic E-state index is 10.4. The van der Waals surface area contributed by atoms with Gasteiger partial charge in [0.2, 0.25) is 0 Å². The van der Waals surface area contributed by atoms with E-state index in [1.165, 1.54) is 0 Å². The summed E-state index contributed by atoms with van der Waals surface area (Å²) in [5, 5.41) is 0. The van der Waals surface area contributed by atoms with Crippen molar-refractivity contribution in [1.29, 1.82) is 0 Å².